The lowest BCUT2D eigenvalue weighted by atomic mass is 9.99. The fourth-order valence-electron chi connectivity index (χ4n) is 1.79. The molecule has 0 aliphatic rings. The molecule has 0 radical (unpaired) electrons. The van der Waals surface area contributed by atoms with Crippen LogP contribution in [-0.4, -0.2) is 25.0 Å². The van der Waals surface area contributed by atoms with Gasteiger partial charge in [-0.2, -0.15) is 0 Å². The maximum Gasteiger partial charge on any atom is 0.328 e. The van der Waals surface area contributed by atoms with Gasteiger partial charge in [0.05, 0.1) is 17.2 Å². The SMILES string of the molecule is CC[C@H](C)[C@H](NC(=O)/C=C/c1ccc(Cl)c(Cl)c1)C(=O)OC. The Labute approximate surface area is 140 Å². The van der Waals surface area contributed by atoms with Crippen molar-refractivity contribution in [2.24, 2.45) is 5.92 Å². The topological polar surface area (TPSA) is 55.4 Å². The third kappa shape index (κ3) is 5.35. The zero-order valence-corrected chi connectivity index (χ0v) is 14.2. The van der Waals surface area contributed by atoms with Gasteiger partial charge in [-0.1, -0.05) is 49.5 Å². The smallest absolute Gasteiger partial charge is 0.328 e. The van der Waals surface area contributed by atoms with E-state index in [4.69, 9.17) is 27.9 Å². The highest BCUT2D eigenvalue weighted by Gasteiger charge is 2.25. The fourth-order valence-corrected chi connectivity index (χ4v) is 2.09. The lowest BCUT2D eigenvalue weighted by Gasteiger charge is -2.20. The molecule has 1 aromatic rings. The first-order chi connectivity index (χ1) is 10.4. The third-order valence-corrected chi connectivity index (χ3v) is 4.08. The van der Waals surface area contributed by atoms with Gasteiger partial charge >= 0.3 is 5.97 Å². The monoisotopic (exact) mass is 343 g/mol. The molecule has 0 saturated heterocycles. The van der Waals surface area contributed by atoms with E-state index in [1.807, 2.05) is 13.8 Å². The van der Waals surface area contributed by atoms with Crippen molar-refractivity contribution in [3.63, 3.8) is 0 Å². The maximum absolute atomic E-state index is 12.0. The van der Waals surface area contributed by atoms with Gasteiger partial charge in [0.25, 0.3) is 0 Å². The van der Waals surface area contributed by atoms with E-state index in [1.54, 1.807) is 24.3 Å². The molecule has 0 fully saturated rings. The minimum atomic E-state index is -0.666. The second kappa shape index (κ2) is 8.81. The highest BCUT2D eigenvalue weighted by Crippen LogP contribution is 2.23. The van der Waals surface area contributed by atoms with Gasteiger partial charge in [-0.05, 0) is 29.7 Å². The lowest BCUT2D eigenvalue weighted by molar-refractivity contribution is -0.146. The number of methoxy groups -OCH3 is 1. The first kappa shape index (κ1) is 18.5. The average molecular weight is 344 g/mol. The van der Waals surface area contributed by atoms with E-state index in [0.717, 1.165) is 12.0 Å². The normalized spacial score (nSPS) is 13.7. The van der Waals surface area contributed by atoms with Gasteiger partial charge in [-0.25, -0.2) is 4.79 Å². The van der Waals surface area contributed by atoms with Crippen LogP contribution in [0, 0.1) is 5.92 Å². The molecular weight excluding hydrogens is 325 g/mol. The minimum Gasteiger partial charge on any atom is -0.467 e. The van der Waals surface area contributed by atoms with Crippen molar-refractivity contribution in [1.29, 1.82) is 0 Å². The number of rotatable bonds is 6. The number of ether oxygens (including phenoxy) is 1. The Morgan fingerprint density at radius 3 is 2.55 bits per heavy atom. The molecule has 0 spiro atoms. The Hall–Kier alpha value is -1.52. The Bertz CT molecular complexity index is 573. The molecule has 0 aliphatic heterocycles. The van der Waals surface area contributed by atoms with Crippen LogP contribution in [0.1, 0.15) is 25.8 Å². The van der Waals surface area contributed by atoms with Crippen molar-refractivity contribution in [2.75, 3.05) is 7.11 Å². The zero-order chi connectivity index (χ0) is 16.7. The van der Waals surface area contributed by atoms with Crippen molar-refractivity contribution in [2.45, 2.75) is 26.3 Å². The molecule has 0 aromatic heterocycles. The molecule has 0 saturated carbocycles. The van der Waals surface area contributed by atoms with Crippen LogP contribution in [0.25, 0.3) is 6.08 Å². The molecule has 2 atom stereocenters. The molecule has 0 heterocycles. The number of amides is 1. The molecule has 120 valence electrons. The van der Waals surface area contributed by atoms with E-state index < -0.39 is 12.0 Å². The summed E-state index contributed by atoms with van der Waals surface area (Å²) in [4.78, 5) is 23.7. The number of hydrogen-bond donors (Lipinski definition) is 1. The van der Waals surface area contributed by atoms with E-state index in [2.05, 4.69) is 5.32 Å². The van der Waals surface area contributed by atoms with Gasteiger partial charge in [-0.15, -0.1) is 0 Å². The molecule has 0 aliphatic carbocycles. The minimum absolute atomic E-state index is 0.0187. The second-order valence-electron chi connectivity index (χ2n) is 4.90. The standard InChI is InChI=1S/C16H19Cl2NO3/c1-4-10(2)15(16(21)22-3)19-14(20)8-6-11-5-7-12(17)13(18)9-11/h5-10,15H,4H2,1-3H3,(H,19,20)/b8-6+/t10-,15-/m0/s1. The summed E-state index contributed by atoms with van der Waals surface area (Å²) in [5, 5.41) is 3.52. The van der Waals surface area contributed by atoms with Crippen molar-refractivity contribution in [1.82, 2.24) is 5.32 Å². The maximum atomic E-state index is 12.0. The van der Waals surface area contributed by atoms with Crippen LogP contribution in [0.2, 0.25) is 10.0 Å². The van der Waals surface area contributed by atoms with Gasteiger partial charge in [-0.3, -0.25) is 4.79 Å². The first-order valence-corrected chi connectivity index (χ1v) is 7.66. The summed E-state index contributed by atoms with van der Waals surface area (Å²) in [5.74, 6) is -0.845. The van der Waals surface area contributed by atoms with Gasteiger partial charge < -0.3 is 10.1 Å². The highest BCUT2D eigenvalue weighted by atomic mass is 35.5. The summed E-state index contributed by atoms with van der Waals surface area (Å²) in [5.41, 5.74) is 0.739. The number of carbonyl (C=O) groups is 2. The fraction of sp³-hybridized carbons (Fsp3) is 0.375. The molecule has 6 heteroatoms. The number of nitrogens with one attached hydrogen (secondary N) is 1. The average Bonchev–Trinajstić information content (AvgIpc) is 2.52. The van der Waals surface area contributed by atoms with Crippen LogP contribution in [0.5, 0.6) is 0 Å². The summed E-state index contributed by atoms with van der Waals surface area (Å²) in [7, 11) is 1.30. The molecular formula is C16H19Cl2NO3. The molecule has 1 rings (SSSR count). The lowest BCUT2D eigenvalue weighted by Crippen LogP contribution is -2.45. The number of halogens is 2. The largest absolute Gasteiger partial charge is 0.467 e. The van der Waals surface area contributed by atoms with Crippen LogP contribution in [0.15, 0.2) is 24.3 Å². The summed E-state index contributed by atoms with van der Waals surface area (Å²) >= 11 is 11.7. The molecule has 22 heavy (non-hydrogen) atoms. The zero-order valence-electron chi connectivity index (χ0n) is 12.7. The van der Waals surface area contributed by atoms with Crippen LogP contribution in [0.3, 0.4) is 0 Å². The predicted octanol–water partition coefficient (Wildman–Crippen LogP) is 3.71. The number of carbonyl (C=O) groups excluding carboxylic acids is 2. The third-order valence-electron chi connectivity index (χ3n) is 3.34. The van der Waals surface area contributed by atoms with E-state index in [1.165, 1.54) is 13.2 Å². The molecule has 0 bridgehead atoms. The number of benzene rings is 1. The summed E-state index contributed by atoms with van der Waals surface area (Å²) in [6.45, 7) is 3.82. The van der Waals surface area contributed by atoms with Crippen LogP contribution in [0.4, 0.5) is 0 Å². The molecule has 4 nitrogen and oxygen atoms in total. The van der Waals surface area contributed by atoms with Crippen molar-refractivity contribution >= 4 is 41.2 Å². The second-order valence-corrected chi connectivity index (χ2v) is 5.72. The van der Waals surface area contributed by atoms with Crippen molar-refractivity contribution in [3.8, 4) is 0 Å². The van der Waals surface area contributed by atoms with Crippen molar-refractivity contribution < 1.29 is 14.3 Å². The summed E-state index contributed by atoms with van der Waals surface area (Å²) < 4.78 is 4.72. The van der Waals surface area contributed by atoms with Crippen molar-refractivity contribution in [3.05, 3.63) is 39.9 Å². The Balaban J connectivity index is 2.76. The molecule has 1 amide bonds. The van der Waals surface area contributed by atoms with Gasteiger partial charge in [0.15, 0.2) is 0 Å². The van der Waals surface area contributed by atoms with Crippen LogP contribution in [-0.2, 0) is 14.3 Å². The number of esters is 1. The van der Waals surface area contributed by atoms with Crippen LogP contribution < -0.4 is 5.32 Å². The van der Waals surface area contributed by atoms with E-state index in [-0.39, 0.29) is 11.8 Å². The predicted molar refractivity (Wildman–Crippen MR) is 88.9 cm³/mol. The Morgan fingerprint density at radius 2 is 2.00 bits per heavy atom. The van der Waals surface area contributed by atoms with E-state index >= 15 is 0 Å². The quantitative estimate of drug-likeness (QED) is 0.632. The van der Waals surface area contributed by atoms with E-state index in [9.17, 15) is 9.59 Å². The highest BCUT2D eigenvalue weighted by molar-refractivity contribution is 6.42. The van der Waals surface area contributed by atoms with Gasteiger partial charge in [0.2, 0.25) is 5.91 Å². The molecule has 0 unspecified atom stereocenters. The first-order valence-electron chi connectivity index (χ1n) is 6.90. The van der Waals surface area contributed by atoms with Gasteiger partial charge in [0, 0.05) is 6.08 Å². The summed E-state index contributed by atoms with van der Waals surface area (Å²) in [6, 6.07) is 4.38. The summed E-state index contributed by atoms with van der Waals surface area (Å²) in [6.07, 6.45) is 3.69. The molecule has 1 aromatic carbocycles. The Kier molecular flexibility index (Phi) is 7.42. The number of hydrogen-bond acceptors (Lipinski definition) is 3. The molecule has 1 N–H and O–H groups in total. The Morgan fingerprint density at radius 1 is 1.32 bits per heavy atom. The van der Waals surface area contributed by atoms with Crippen LogP contribution >= 0.6 is 23.2 Å². The van der Waals surface area contributed by atoms with E-state index in [0.29, 0.717) is 10.0 Å². The van der Waals surface area contributed by atoms with Gasteiger partial charge in [0.1, 0.15) is 6.04 Å².